The number of anilines is 1. The smallest absolute Gasteiger partial charge is 0.128 e. The third-order valence-corrected chi connectivity index (χ3v) is 5.38. The van der Waals surface area contributed by atoms with Crippen molar-refractivity contribution >= 4 is 5.82 Å². The molecule has 122 valence electrons. The van der Waals surface area contributed by atoms with E-state index in [-0.39, 0.29) is 11.5 Å². The molecule has 1 aliphatic heterocycles. The maximum atomic E-state index is 10.2. The van der Waals surface area contributed by atoms with Gasteiger partial charge in [0.1, 0.15) is 5.82 Å². The van der Waals surface area contributed by atoms with E-state index in [1.54, 1.807) is 0 Å². The number of nitrogens with zero attached hydrogens (tertiary/aromatic N) is 2. The van der Waals surface area contributed by atoms with Gasteiger partial charge in [-0.2, -0.15) is 0 Å². The van der Waals surface area contributed by atoms with Gasteiger partial charge in [0.2, 0.25) is 0 Å². The number of hydrogen-bond donors (Lipinski definition) is 2. The van der Waals surface area contributed by atoms with Crippen LogP contribution >= 0.6 is 0 Å². The van der Waals surface area contributed by atoms with Crippen molar-refractivity contribution < 1.29 is 5.11 Å². The Balaban J connectivity index is 1.49. The van der Waals surface area contributed by atoms with E-state index in [1.807, 2.05) is 6.20 Å². The van der Waals surface area contributed by atoms with Crippen LogP contribution in [0.25, 0.3) is 0 Å². The monoisotopic (exact) mass is 303 g/mol. The molecule has 1 aliphatic carbocycles. The predicted molar refractivity (Wildman–Crippen MR) is 90.0 cm³/mol. The standard InChI is InChI=1S/C18H29N3O/c1-18(9-3-2-6-16(18)22)14-19-12-15-7-8-17(20-13-15)21-10-4-5-11-21/h7-8,13,16,19,22H,2-6,9-12,14H2,1H3. The third kappa shape index (κ3) is 3.61. The van der Waals surface area contributed by atoms with Gasteiger partial charge in [0.25, 0.3) is 0 Å². The molecule has 2 unspecified atom stereocenters. The lowest BCUT2D eigenvalue weighted by Crippen LogP contribution is -2.43. The van der Waals surface area contributed by atoms with Crippen molar-refractivity contribution in [3.05, 3.63) is 23.9 Å². The molecular weight excluding hydrogens is 274 g/mol. The van der Waals surface area contributed by atoms with Crippen LogP contribution in [0.3, 0.4) is 0 Å². The number of aliphatic hydroxyl groups excluding tert-OH is 1. The molecule has 2 fully saturated rings. The van der Waals surface area contributed by atoms with E-state index < -0.39 is 0 Å². The van der Waals surface area contributed by atoms with E-state index in [9.17, 15) is 5.11 Å². The van der Waals surface area contributed by atoms with Crippen LogP contribution in [0, 0.1) is 5.41 Å². The van der Waals surface area contributed by atoms with Crippen LogP contribution in [0.2, 0.25) is 0 Å². The van der Waals surface area contributed by atoms with Crippen molar-refractivity contribution in [2.45, 2.75) is 58.1 Å². The highest BCUT2D eigenvalue weighted by Crippen LogP contribution is 2.35. The largest absolute Gasteiger partial charge is 0.393 e. The zero-order valence-corrected chi connectivity index (χ0v) is 13.7. The molecule has 2 N–H and O–H groups in total. The molecule has 4 heteroatoms. The number of pyridine rings is 1. The summed E-state index contributed by atoms with van der Waals surface area (Å²) in [7, 11) is 0. The van der Waals surface area contributed by atoms with Gasteiger partial charge in [-0.1, -0.05) is 25.8 Å². The lowest BCUT2D eigenvalue weighted by atomic mass is 9.73. The molecule has 1 saturated carbocycles. The molecule has 0 radical (unpaired) electrons. The van der Waals surface area contributed by atoms with E-state index in [2.05, 4.69) is 34.3 Å². The molecule has 0 bridgehead atoms. The average molecular weight is 303 g/mol. The van der Waals surface area contributed by atoms with Crippen molar-refractivity contribution in [2.75, 3.05) is 24.5 Å². The lowest BCUT2D eigenvalue weighted by molar-refractivity contribution is 0.00115. The van der Waals surface area contributed by atoms with Crippen LogP contribution < -0.4 is 10.2 Å². The second-order valence-corrected chi connectivity index (χ2v) is 7.24. The van der Waals surface area contributed by atoms with Gasteiger partial charge in [0.05, 0.1) is 6.10 Å². The fourth-order valence-corrected chi connectivity index (χ4v) is 3.73. The van der Waals surface area contributed by atoms with Gasteiger partial charge in [-0.05, 0) is 37.3 Å². The number of aromatic nitrogens is 1. The Bertz CT molecular complexity index is 470. The molecule has 0 spiro atoms. The van der Waals surface area contributed by atoms with Crippen molar-refractivity contribution in [1.29, 1.82) is 0 Å². The molecule has 1 aromatic heterocycles. The van der Waals surface area contributed by atoms with E-state index in [0.29, 0.717) is 0 Å². The number of aliphatic hydroxyl groups is 1. The van der Waals surface area contributed by atoms with E-state index in [4.69, 9.17) is 0 Å². The highest BCUT2D eigenvalue weighted by Gasteiger charge is 2.34. The summed E-state index contributed by atoms with van der Waals surface area (Å²) in [6, 6.07) is 4.31. The summed E-state index contributed by atoms with van der Waals surface area (Å²) in [6.07, 6.45) is 8.86. The van der Waals surface area contributed by atoms with Gasteiger partial charge in [-0.3, -0.25) is 0 Å². The fraction of sp³-hybridized carbons (Fsp3) is 0.722. The topological polar surface area (TPSA) is 48.4 Å². The Morgan fingerprint density at radius 1 is 1.27 bits per heavy atom. The van der Waals surface area contributed by atoms with Crippen LogP contribution in [0.15, 0.2) is 18.3 Å². The van der Waals surface area contributed by atoms with E-state index in [1.165, 1.54) is 31.2 Å². The van der Waals surface area contributed by atoms with Crippen LogP contribution in [0.4, 0.5) is 5.82 Å². The molecule has 0 amide bonds. The summed E-state index contributed by atoms with van der Waals surface area (Å²) in [4.78, 5) is 6.95. The van der Waals surface area contributed by atoms with Crippen LogP contribution in [0.1, 0.15) is 51.0 Å². The first-order valence-electron chi connectivity index (χ1n) is 8.76. The van der Waals surface area contributed by atoms with Crippen LogP contribution in [-0.4, -0.2) is 35.8 Å². The summed E-state index contributed by atoms with van der Waals surface area (Å²) in [5.41, 5.74) is 1.25. The summed E-state index contributed by atoms with van der Waals surface area (Å²) in [6.45, 7) is 6.19. The molecule has 3 rings (SSSR count). The molecule has 2 aliphatic rings. The predicted octanol–water partition coefficient (Wildman–Crippen LogP) is 2.71. The fourth-order valence-electron chi connectivity index (χ4n) is 3.73. The Kier molecular flexibility index (Phi) is 4.99. The van der Waals surface area contributed by atoms with E-state index >= 15 is 0 Å². The Hall–Kier alpha value is -1.13. The molecular formula is C18H29N3O. The SMILES string of the molecule is CC1(CNCc2ccc(N3CCCC3)nc2)CCCCC1O. The first-order chi connectivity index (χ1) is 10.7. The summed E-state index contributed by atoms with van der Waals surface area (Å²) in [5.74, 6) is 1.11. The van der Waals surface area contributed by atoms with Gasteiger partial charge in [-0.15, -0.1) is 0 Å². The molecule has 1 saturated heterocycles. The zero-order chi connectivity index (χ0) is 15.4. The Labute approximate surface area is 133 Å². The lowest BCUT2D eigenvalue weighted by Gasteiger charge is -2.38. The second-order valence-electron chi connectivity index (χ2n) is 7.24. The maximum absolute atomic E-state index is 10.2. The highest BCUT2D eigenvalue weighted by atomic mass is 16.3. The van der Waals surface area contributed by atoms with E-state index in [0.717, 1.165) is 44.8 Å². The summed E-state index contributed by atoms with van der Waals surface area (Å²) >= 11 is 0. The van der Waals surface area contributed by atoms with Gasteiger partial charge in [0, 0.05) is 37.8 Å². The number of hydrogen-bond acceptors (Lipinski definition) is 4. The molecule has 1 aromatic rings. The Morgan fingerprint density at radius 2 is 2.09 bits per heavy atom. The van der Waals surface area contributed by atoms with Crippen LogP contribution in [-0.2, 0) is 6.54 Å². The minimum atomic E-state index is -0.163. The Morgan fingerprint density at radius 3 is 2.77 bits per heavy atom. The first-order valence-corrected chi connectivity index (χ1v) is 8.76. The van der Waals surface area contributed by atoms with Gasteiger partial charge in [-0.25, -0.2) is 4.98 Å². The minimum Gasteiger partial charge on any atom is -0.393 e. The van der Waals surface area contributed by atoms with Gasteiger partial charge in [0.15, 0.2) is 0 Å². The van der Waals surface area contributed by atoms with Crippen molar-refractivity contribution in [1.82, 2.24) is 10.3 Å². The molecule has 2 heterocycles. The van der Waals surface area contributed by atoms with Crippen LogP contribution in [0.5, 0.6) is 0 Å². The first kappa shape index (κ1) is 15.8. The molecule has 2 atom stereocenters. The second kappa shape index (κ2) is 6.97. The number of nitrogens with one attached hydrogen (secondary N) is 1. The molecule has 22 heavy (non-hydrogen) atoms. The maximum Gasteiger partial charge on any atom is 0.128 e. The summed E-state index contributed by atoms with van der Waals surface area (Å²) in [5, 5.41) is 13.7. The normalized spacial score (nSPS) is 29.0. The van der Waals surface area contributed by atoms with Crippen molar-refractivity contribution in [2.24, 2.45) is 5.41 Å². The third-order valence-electron chi connectivity index (χ3n) is 5.38. The van der Waals surface area contributed by atoms with Crippen molar-refractivity contribution in [3.8, 4) is 0 Å². The summed E-state index contributed by atoms with van der Waals surface area (Å²) < 4.78 is 0. The van der Waals surface area contributed by atoms with Gasteiger partial charge < -0.3 is 15.3 Å². The van der Waals surface area contributed by atoms with Gasteiger partial charge >= 0.3 is 0 Å². The quantitative estimate of drug-likeness (QED) is 0.878. The number of rotatable bonds is 5. The zero-order valence-electron chi connectivity index (χ0n) is 13.7. The highest BCUT2D eigenvalue weighted by molar-refractivity contribution is 5.40. The minimum absolute atomic E-state index is 0.0289. The van der Waals surface area contributed by atoms with Crippen molar-refractivity contribution in [3.63, 3.8) is 0 Å². The molecule has 0 aromatic carbocycles. The average Bonchev–Trinajstić information content (AvgIpc) is 3.06. The molecule has 4 nitrogen and oxygen atoms in total.